The van der Waals surface area contributed by atoms with Crippen molar-refractivity contribution in [1.29, 1.82) is 5.26 Å². The van der Waals surface area contributed by atoms with E-state index in [-0.39, 0.29) is 0 Å². The Bertz CT molecular complexity index is 296. The van der Waals surface area contributed by atoms with Crippen LogP contribution in [0.25, 0.3) is 0 Å². The molecule has 0 spiro atoms. The molecule has 1 heteroatoms. The van der Waals surface area contributed by atoms with Gasteiger partial charge >= 0.3 is 0 Å². The van der Waals surface area contributed by atoms with Crippen LogP contribution in [-0.2, 0) is 0 Å². The van der Waals surface area contributed by atoms with Crippen LogP contribution in [0.2, 0.25) is 0 Å². The molecule has 12 heavy (non-hydrogen) atoms. The zero-order chi connectivity index (χ0) is 8.97. The first-order chi connectivity index (χ1) is 5.75. The molecule has 1 aromatic carbocycles. The van der Waals surface area contributed by atoms with E-state index < -0.39 is 0 Å². The molecular weight excluding hydrogens is 146 g/mol. The van der Waals surface area contributed by atoms with Crippen LogP contribution in [0.15, 0.2) is 24.3 Å². The summed E-state index contributed by atoms with van der Waals surface area (Å²) in [6.07, 6.45) is 0.602. The summed E-state index contributed by atoms with van der Waals surface area (Å²) >= 11 is 0. The first kappa shape index (κ1) is 8.80. The third-order valence-electron chi connectivity index (χ3n) is 2.12. The lowest BCUT2D eigenvalue weighted by Gasteiger charge is -2.09. The Morgan fingerprint density at radius 1 is 1.42 bits per heavy atom. The van der Waals surface area contributed by atoms with Crippen molar-refractivity contribution in [2.24, 2.45) is 0 Å². The Kier molecular flexibility index (Phi) is 2.88. The van der Waals surface area contributed by atoms with E-state index >= 15 is 0 Å². The maximum Gasteiger partial charge on any atom is 0.0628 e. The average Bonchev–Trinajstić information content (AvgIpc) is 2.05. The minimum atomic E-state index is 0.358. The van der Waals surface area contributed by atoms with Crippen LogP contribution in [-0.4, -0.2) is 0 Å². The summed E-state index contributed by atoms with van der Waals surface area (Å²) in [5.41, 5.74) is 2.57. The summed E-state index contributed by atoms with van der Waals surface area (Å²) in [7, 11) is 0. The fourth-order valence-corrected chi connectivity index (χ4v) is 1.39. The lowest BCUT2D eigenvalue weighted by Crippen LogP contribution is -1.94. The van der Waals surface area contributed by atoms with Gasteiger partial charge in [-0.2, -0.15) is 5.26 Å². The zero-order valence-corrected chi connectivity index (χ0v) is 7.54. The largest absolute Gasteiger partial charge is 0.198 e. The molecule has 0 N–H and O–H groups in total. The van der Waals surface area contributed by atoms with E-state index in [0.717, 1.165) is 0 Å². The van der Waals surface area contributed by atoms with Gasteiger partial charge in [-0.15, -0.1) is 0 Å². The van der Waals surface area contributed by atoms with Crippen molar-refractivity contribution < 1.29 is 0 Å². The molecular formula is C11H13N. The molecule has 62 valence electrons. The second-order valence-corrected chi connectivity index (χ2v) is 3.12. The molecule has 0 saturated carbocycles. The molecule has 1 rings (SSSR count). The van der Waals surface area contributed by atoms with Gasteiger partial charge in [-0.25, -0.2) is 0 Å². The van der Waals surface area contributed by atoms with Crippen LogP contribution in [0.5, 0.6) is 0 Å². The fourth-order valence-electron chi connectivity index (χ4n) is 1.39. The van der Waals surface area contributed by atoms with Gasteiger partial charge in [-0.05, 0) is 24.0 Å². The monoisotopic (exact) mass is 159 g/mol. The van der Waals surface area contributed by atoms with Crippen LogP contribution in [0.3, 0.4) is 0 Å². The Balaban J connectivity index is 2.88. The van der Waals surface area contributed by atoms with E-state index in [9.17, 15) is 0 Å². The van der Waals surface area contributed by atoms with E-state index in [4.69, 9.17) is 5.26 Å². The maximum atomic E-state index is 8.54. The SMILES string of the molecule is Cc1ccccc1[C@@H](C)CC#N. The summed E-state index contributed by atoms with van der Waals surface area (Å²) in [6.45, 7) is 4.18. The van der Waals surface area contributed by atoms with Crippen molar-refractivity contribution in [2.45, 2.75) is 26.2 Å². The fraction of sp³-hybridized carbons (Fsp3) is 0.364. The minimum absolute atomic E-state index is 0.358. The van der Waals surface area contributed by atoms with Gasteiger partial charge in [0.1, 0.15) is 0 Å². The van der Waals surface area contributed by atoms with Crippen LogP contribution < -0.4 is 0 Å². The first-order valence-corrected chi connectivity index (χ1v) is 4.18. The molecule has 0 unspecified atom stereocenters. The predicted octanol–water partition coefficient (Wildman–Crippen LogP) is 3.01. The molecule has 0 fully saturated rings. The molecule has 1 aromatic rings. The lowest BCUT2D eigenvalue weighted by molar-refractivity contribution is 0.782. The van der Waals surface area contributed by atoms with E-state index in [1.807, 2.05) is 12.1 Å². The van der Waals surface area contributed by atoms with Gasteiger partial charge in [-0.1, -0.05) is 31.2 Å². The van der Waals surface area contributed by atoms with Crippen molar-refractivity contribution in [2.75, 3.05) is 0 Å². The van der Waals surface area contributed by atoms with Gasteiger partial charge in [0.2, 0.25) is 0 Å². The Morgan fingerprint density at radius 3 is 2.67 bits per heavy atom. The third kappa shape index (κ3) is 1.85. The number of aryl methyl sites for hydroxylation is 1. The zero-order valence-electron chi connectivity index (χ0n) is 7.54. The molecule has 0 aliphatic rings. The summed E-state index contributed by atoms with van der Waals surface area (Å²) in [5, 5.41) is 8.54. The van der Waals surface area contributed by atoms with E-state index in [2.05, 4.69) is 32.0 Å². The molecule has 0 saturated heterocycles. The Morgan fingerprint density at radius 2 is 2.08 bits per heavy atom. The summed E-state index contributed by atoms with van der Waals surface area (Å²) in [4.78, 5) is 0. The van der Waals surface area contributed by atoms with Gasteiger partial charge in [0.05, 0.1) is 6.07 Å². The molecule has 0 amide bonds. The second kappa shape index (κ2) is 3.92. The van der Waals surface area contributed by atoms with Crippen LogP contribution in [0, 0.1) is 18.3 Å². The molecule has 0 aromatic heterocycles. The third-order valence-corrected chi connectivity index (χ3v) is 2.12. The van der Waals surface area contributed by atoms with Crippen LogP contribution >= 0.6 is 0 Å². The highest BCUT2D eigenvalue weighted by Gasteiger charge is 2.05. The number of nitriles is 1. The standard InChI is InChI=1S/C11H13N/c1-9-5-3-4-6-11(9)10(2)7-8-12/h3-6,10H,7H2,1-2H3/t10-/m0/s1. The first-order valence-electron chi connectivity index (χ1n) is 4.18. The number of hydrogen-bond acceptors (Lipinski definition) is 1. The smallest absolute Gasteiger partial charge is 0.0628 e. The number of benzene rings is 1. The van der Waals surface area contributed by atoms with Crippen molar-refractivity contribution >= 4 is 0 Å². The second-order valence-electron chi connectivity index (χ2n) is 3.12. The van der Waals surface area contributed by atoms with Gasteiger partial charge in [0, 0.05) is 6.42 Å². The molecule has 0 aliphatic carbocycles. The topological polar surface area (TPSA) is 23.8 Å². The number of rotatable bonds is 2. The highest BCUT2D eigenvalue weighted by atomic mass is 14.2. The minimum Gasteiger partial charge on any atom is -0.198 e. The quantitative estimate of drug-likeness (QED) is 0.650. The lowest BCUT2D eigenvalue weighted by atomic mass is 9.94. The van der Waals surface area contributed by atoms with Gasteiger partial charge in [0.15, 0.2) is 0 Å². The highest BCUT2D eigenvalue weighted by Crippen LogP contribution is 2.21. The number of nitrogens with zero attached hydrogens (tertiary/aromatic N) is 1. The van der Waals surface area contributed by atoms with Gasteiger partial charge in [-0.3, -0.25) is 0 Å². The summed E-state index contributed by atoms with van der Waals surface area (Å²) in [6, 6.07) is 10.4. The van der Waals surface area contributed by atoms with E-state index in [0.29, 0.717) is 12.3 Å². The van der Waals surface area contributed by atoms with E-state index in [1.165, 1.54) is 11.1 Å². The van der Waals surface area contributed by atoms with Crippen molar-refractivity contribution in [1.82, 2.24) is 0 Å². The molecule has 0 radical (unpaired) electrons. The molecule has 1 nitrogen and oxygen atoms in total. The van der Waals surface area contributed by atoms with Crippen LogP contribution in [0.1, 0.15) is 30.4 Å². The Labute approximate surface area is 73.6 Å². The van der Waals surface area contributed by atoms with Crippen molar-refractivity contribution in [3.63, 3.8) is 0 Å². The highest BCUT2D eigenvalue weighted by molar-refractivity contribution is 5.29. The normalized spacial score (nSPS) is 12.1. The van der Waals surface area contributed by atoms with Gasteiger partial charge < -0.3 is 0 Å². The molecule has 0 heterocycles. The number of hydrogen-bond donors (Lipinski definition) is 0. The molecule has 0 bridgehead atoms. The Hall–Kier alpha value is -1.29. The van der Waals surface area contributed by atoms with E-state index in [1.54, 1.807) is 0 Å². The molecule has 0 aliphatic heterocycles. The predicted molar refractivity (Wildman–Crippen MR) is 49.8 cm³/mol. The van der Waals surface area contributed by atoms with Crippen molar-refractivity contribution in [3.05, 3.63) is 35.4 Å². The average molecular weight is 159 g/mol. The summed E-state index contributed by atoms with van der Waals surface area (Å²) < 4.78 is 0. The van der Waals surface area contributed by atoms with Crippen molar-refractivity contribution in [3.8, 4) is 6.07 Å². The summed E-state index contributed by atoms with van der Waals surface area (Å²) in [5.74, 6) is 0.358. The maximum absolute atomic E-state index is 8.54. The van der Waals surface area contributed by atoms with Crippen LogP contribution in [0.4, 0.5) is 0 Å². The molecule has 1 atom stereocenters. The van der Waals surface area contributed by atoms with Gasteiger partial charge in [0.25, 0.3) is 0 Å².